The summed E-state index contributed by atoms with van der Waals surface area (Å²) in [6, 6.07) is 10.1. The Morgan fingerprint density at radius 1 is 1.18 bits per heavy atom. The van der Waals surface area contributed by atoms with Gasteiger partial charge in [0.15, 0.2) is 0 Å². The number of rotatable bonds is 8. The highest BCUT2D eigenvalue weighted by molar-refractivity contribution is 7.89. The number of benzene rings is 1. The summed E-state index contributed by atoms with van der Waals surface area (Å²) in [7, 11) is -3.43. The Labute approximate surface area is 168 Å². The summed E-state index contributed by atoms with van der Waals surface area (Å²) >= 11 is 0. The second-order valence-electron chi connectivity index (χ2n) is 9.16. The minimum Gasteiger partial charge on any atom is -0.376 e. The van der Waals surface area contributed by atoms with Gasteiger partial charge in [-0.05, 0) is 52.0 Å². The molecular weight excluding hydrogens is 376 g/mol. The van der Waals surface area contributed by atoms with Crippen LogP contribution in [0.5, 0.6) is 0 Å². The highest BCUT2D eigenvalue weighted by atomic mass is 32.2. The summed E-state index contributed by atoms with van der Waals surface area (Å²) in [6.07, 6.45) is 3.50. The molecule has 0 spiro atoms. The number of hydrogen-bond acceptors (Lipinski definition) is 4. The molecule has 2 saturated heterocycles. The Balaban J connectivity index is 1.60. The Bertz CT molecular complexity index is 778. The van der Waals surface area contributed by atoms with Gasteiger partial charge in [0.05, 0.1) is 24.4 Å². The van der Waals surface area contributed by atoms with Crippen molar-refractivity contribution in [2.75, 3.05) is 18.9 Å². The maximum atomic E-state index is 13.2. The van der Waals surface area contributed by atoms with Crippen LogP contribution >= 0.6 is 0 Å². The van der Waals surface area contributed by atoms with E-state index in [2.05, 4.69) is 4.72 Å². The lowest BCUT2D eigenvalue weighted by Gasteiger charge is -2.51. The molecule has 1 N–H and O–H groups in total. The topological polar surface area (TPSA) is 75.7 Å². The average molecular weight is 409 g/mol. The number of nitrogens with zero attached hydrogens (tertiary/aromatic N) is 1. The molecule has 0 atom stereocenters. The van der Waals surface area contributed by atoms with Crippen LogP contribution in [0.25, 0.3) is 0 Å². The molecule has 3 fully saturated rings. The van der Waals surface area contributed by atoms with Gasteiger partial charge >= 0.3 is 0 Å². The van der Waals surface area contributed by atoms with Gasteiger partial charge in [0, 0.05) is 18.1 Å². The third-order valence-corrected chi connectivity index (χ3v) is 7.26. The lowest BCUT2D eigenvalue weighted by molar-refractivity contribution is -0.164. The molecule has 0 aromatic heterocycles. The van der Waals surface area contributed by atoms with Gasteiger partial charge in [-0.3, -0.25) is 4.79 Å². The molecule has 1 saturated carbocycles. The highest BCUT2D eigenvalue weighted by Crippen LogP contribution is 2.45. The number of nitrogens with one attached hydrogen (secondary N) is 1. The molecule has 156 valence electrons. The molecule has 7 heteroatoms. The van der Waals surface area contributed by atoms with Gasteiger partial charge in [0.2, 0.25) is 15.9 Å². The summed E-state index contributed by atoms with van der Waals surface area (Å²) in [5.74, 6) is 0.00187. The predicted octanol–water partition coefficient (Wildman–Crippen LogP) is 2.69. The quantitative estimate of drug-likeness (QED) is 0.718. The number of fused-ring (bicyclic) bond motifs is 3. The summed E-state index contributed by atoms with van der Waals surface area (Å²) in [5, 5.41) is 0. The third-order valence-electron chi connectivity index (χ3n) is 5.62. The maximum Gasteiger partial charge on any atom is 0.231 e. The van der Waals surface area contributed by atoms with Crippen molar-refractivity contribution in [3.63, 3.8) is 0 Å². The van der Waals surface area contributed by atoms with Crippen LogP contribution in [0.2, 0.25) is 0 Å². The lowest BCUT2D eigenvalue weighted by Crippen LogP contribution is -2.60. The second-order valence-corrected chi connectivity index (χ2v) is 11.0. The van der Waals surface area contributed by atoms with Gasteiger partial charge in [0.25, 0.3) is 0 Å². The molecule has 2 bridgehead atoms. The van der Waals surface area contributed by atoms with Crippen molar-refractivity contribution in [3.05, 3.63) is 35.9 Å². The largest absolute Gasteiger partial charge is 0.376 e. The van der Waals surface area contributed by atoms with E-state index in [-0.39, 0.29) is 24.2 Å². The number of ether oxygens (including phenoxy) is 1. The van der Waals surface area contributed by atoms with E-state index < -0.39 is 21.0 Å². The molecule has 6 nitrogen and oxygen atoms in total. The van der Waals surface area contributed by atoms with Crippen molar-refractivity contribution < 1.29 is 17.9 Å². The minimum absolute atomic E-state index is 0.0620. The first kappa shape index (κ1) is 21.3. The summed E-state index contributed by atoms with van der Waals surface area (Å²) in [6.45, 7) is 6.59. The first-order chi connectivity index (χ1) is 13.1. The summed E-state index contributed by atoms with van der Waals surface area (Å²) in [4.78, 5) is 15.0. The predicted molar refractivity (Wildman–Crippen MR) is 109 cm³/mol. The number of amides is 1. The van der Waals surface area contributed by atoms with E-state index in [0.29, 0.717) is 13.2 Å². The molecule has 0 radical (unpaired) electrons. The fraction of sp³-hybridized carbons (Fsp3) is 0.667. The normalized spacial score (nSPS) is 25.3. The van der Waals surface area contributed by atoms with Crippen LogP contribution in [-0.2, 0) is 26.2 Å². The van der Waals surface area contributed by atoms with Crippen molar-refractivity contribution in [1.82, 2.24) is 9.62 Å². The van der Waals surface area contributed by atoms with Crippen LogP contribution < -0.4 is 4.72 Å². The van der Waals surface area contributed by atoms with Crippen molar-refractivity contribution in [1.29, 1.82) is 0 Å². The Morgan fingerprint density at radius 2 is 1.82 bits per heavy atom. The zero-order valence-electron chi connectivity index (χ0n) is 17.1. The summed E-state index contributed by atoms with van der Waals surface area (Å²) < 4.78 is 33.3. The van der Waals surface area contributed by atoms with Crippen molar-refractivity contribution in [2.45, 2.75) is 64.6 Å². The van der Waals surface area contributed by atoms with E-state index in [1.807, 2.05) is 51.1 Å². The van der Waals surface area contributed by atoms with Crippen molar-refractivity contribution in [3.8, 4) is 0 Å². The van der Waals surface area contributed by atoms with Crippen LogP contribution in [-0.4, -0.2) is 49.7 Å². The van der Waals surface area contributed by atoms with E-state index in [4.69, 9.17) is 4.74 Å². The van der Waals surface area contributed by atoms with E-state index in [9.17, 15) is 13.2 Å². The third kappa shape index (κ3) is 5.13. The molecule has 2 aliphatic heterocycles. The molecule has 1 amide bonds. The fourth-order valence-electron chi connectivity index (χ4n) is 4.32. The number of hydrogen-bond donors (Lipinski definition) is 1. The monoisotopic (exact) mass is 408 g/mol. The molecule has 1 aromatic rings. The molecular formula is C21H32N2O4S. The van der Waals surface area contributed by atoms with Crippen molar-refractivity contribution in [2.24, 2.45) is 5.41 Å². The Kier molecular flexibility index (Phi) is 6.17. The van der Waals surface area contributed by atoms with E-state index in [1.165, 1.54) is 0 Å². The van der Waals surface area contributed by atoms with E-state index in [0.717, 1.165) is 31.2 Å². The Morgan fingerprint density at radius 3 is 2.43 bits per heavy atom. The van der Waals surface area contributed by atoms with Crippen LogP contribution in [0.1, 0.15) is 52.0 Å². The van der Waals surface area contributed by atoms with Gasteiger partial charge in [-0.2, -0.15) is 0 Å². The van der Waals surface area contributed by atoms with Crippen molar-refractivity contribution >= 4 is 15.9 Å². The zero-order valence-corrected chi connectivity index (χ0v) is 17.9. The van der Waals surface area contributed by atoms with Gasteiger partial charge in [-0.15, -0.1) is 0 Å². The van der Waals surface area contributed by atoms with E-state index in [1.54, 1.807) is 4.90 Å². The fourth-order valence-corrected chi connectivity index (χ4v) is 5.79. The van der Waals surface area contributed by atoms with Gasteiger partial charge in [-0.25, -0.2) is 13.1 Å². The molecule has 28 heavy (non-hydrogen) atoms. The molecule has 4 rings (SSSR count). The zero-order chi connectivity index (χ0) is 20.4. The Hall–Kier alpha value is -1.44. The van der Waals surface area contributed by atoms with Crippen LogP contribution in [0.3, 0.4) is 0 Å². The van der Waals surface area contributed by atoms with E-state index >= 15 is 0 Å². The number of carbonyl (C=O) groups is 1. The second kappa shape index (κ2) is 8.13. The van der Waals surface area contributed by atoms with Gasteiger partial charge in [0.1, 0.15) is 0 Å². The first-order valence-corrected chi connectivity index (χ1v) is 11.7. The maximum absolute atomic E-state index is 13.2. The molecule has 0 unspecified atom stereocenters. The molecule has 1 aromatic carbocycles. The van der Waals surface area contributed by atoms with Gasteiger partial charge in [-0.1, -0.05) is 30.3 Å². The summed E-state index contributed by atoms with van der Waals surface area (Å²) in [5.41, 5.74) is 0.0770. The first-order valence-electron chi connectivity index (χ1n) is 10.0. The highest BCUT2D eigenvalue weighted by Gasteiger charge is 2.51. The minimum atomic E-state index is -3.43. The molecule has 3 aliphatic rings. The van der Waals surface area contributed by atoms with Crippen LogP contribution in [0.15, 0.2) is 30.3 Å². The van der Waals surface area contributed by atoms with Gasteiger partial charge < -0.3 is 9.64 Å². The smallest absolute Gasteiger partial charge is 0.231 e. The number of sulfonamides is 1. The van der Waals surface area contributed by atoms with Crippen LogP contribution in [0.4, 0.5) is 0 Å². The number of carbonyl (C=O) groups excluding carboxylic acids is 1. The SMILES string of the molecule is CC(C)(C)NS(=O)(=O)CCN1C(=O)C2(COCc3ccccc3)CCC1CC2. The number of piperidine rings is 2. The lowest BCUT2D eigenvalue weighted by atomic mass is 9.67. The van der Waals surface area contributed by atoms with Crippen LogP contribution in [0, 0.1) is 5.41 Å². The molecule has 1 aliphatic carbocycles. The molecule has 2 heterocycles. The standard InChI is InChI=1S/C21H32N2O4S/c1-20(2,3)22-28(25,26)14-13-23-18-9-11-21(12-10-18,19(23)24)16-27-15-17-7-5-4-6-8-17/h4-8,18,22H,9-16H2,1-3H3. The average Bonchev–Trinajstić information content (AvgIpc) is 2.61.